The van der Waals surface area contributed by atoms with Gasteiger partial charge in [-0.2, -0.15) is 9.97 Å². The van der Waals surface area contributed by atoms with Crippen molar-refractivity contribution < 1.29 is 0 Å². The van der Waals surface area contributed by atoms with Gasteiger partial charge in [-0.1, -0.05) is 30.3 Å². The molecular weight excluding hydrogens is 236 g/mol. The van der Waals surface area contributed by atoms with Gasteiger partial charge in [0, 0.05) is 11.3 Å². The van der Waals surface area contributed by atoms with Crippen molar-refractivity contribution in [1.82, 2.24) is 15.0 Å². The van der Waals surface area contributed by atoms with E-state index in [1.165, 1.54) is 5.56 Å². The molecule has 0 unspecified atom stereocenters. The number of nitrogen functional groups attached to an aromatic ring is 1. The topological polar surface area (TPSA) is 64.7 Å². The zero-order chi connectivity index (χ0) is 13.5. The summed E-state index contributed by atoms with van der Waals surface area (Å²) in [5.74, 6) is 2.42. The first kappa shape index (κ1) is 12.1. The van der Waals surface area contributed by atoms with Crippen LogP contribution in [0.5, 0.6) is 0 Å². The van der Waals surface area contributed by atoms with Crippen LogP contribution in [0.25, 0.3) is 0 Å². The molecule has 0 spiro atoms. The summed E-state index contributed by atoms with van der Waals surface area (Å²) >= 11 is 0. The molecule has 2 N–H and O–H groups in total. The summed E-state index contributed by atoms with van der Waals surface area (Å²) in [4.78, 5) is 13.2. The summed E-state index contributed by atoms with van der Waals surface area (Å²) in [7, 11) is 0. The average molecular weight is 254 g/mol. The molecule has 1 aliphatic rings. The monoisotopic (exact) mass is 254 g/mol. The van der Waals surface area contributed by atoms with Crippen LogP contribution in [-0.2, 0) is 5.41 Å². The molecule has 0 radical (unpaired) electrons. The van der Waals surface area contributed by atoms with Gasteiger partial charge in [-0.25, -0.2) is 4.98 Å². The van der Waals surface area contributed by atoms with Crippen molar-refractivity contribution in [2.24, 2.45) is 0 Å². The van der Waals surface area contributed by atoms with Gasteiger partial charge >= 0.3 is 0 Å². The van der Waals surface area contributed by atoms with Crippen molar-refractivity contribution in [1.29, 1.82) is 0 Å². The molecule has 2 aromatic rings. The lowest BCUT2D eigenvalue weighted by Crippen LogP contribution is -2.24. The van der Waals surface area contributed by atoms with E-state index < -0.39 is 0 Å². The van der Waals surface area contributed by atoms with Crippen LogP contribution in [0.2, 0.25) is 0 Å². The zero-order valence-corrected chi connectivity index (χ0v) is 11.3. The molecule has 1 saturated carbocycles. The molecular formula is C15H18N4. The molecule has 0 amide bonds. The highest BCUT2D eigenvalue weighted by Gasteiger charge is 2.31. The van der Waals surface area contributed by atoms with Crippen molar-refractivity contribution in [3.8, 4) is 0 Å². The third-order valence-corrected chi connectivity index (χ3v) is 3.67. The maximum absolute atomic E-state index is 5.84. The zero-order valence-electron chi connectivity index (χ0n) is 11.3. The van der Waals surface area contributed by atoms with Gasteiger partial charge in [-0.15, -0.1) is 0 Å². The van der Waals surface area contributed by atoms with Crippen molar-refractivity contribution >= 4 is 5.95 Å². The van der Waals surface area contributed by atoms with Crippen LogP contribution in [0.15, 0.2) is 30.3 Å². The lowest BCUT2D eigenvalue weighted by molar-refractivity contribution is 0.579. The standard InChI is InChI=1S/C15H18N4/c1-15(2,11-6-4-3-5-7-11)13-17-12(10-8-9-10)18-14(16)19-13/h3-7,10H,8-9H2,1-2H3,(H2,16,17,18,19). The number of benzene rings is 1. The first-order chi connectivity index (χ1) is 9.07. The van der Waals surface area contributed by atoms with Gasteiger partial charge < -0.3 is 5.73 Å². The molecule has 1 aromatic carbocycles. The highest BCUT2D eigenvalue weighted by atomic mass is 15.1. The van der Waals surface area contributed by atoms with Gasteiger partial charge in [0.05, 0.1) is 0 Å². The van der Waals surface area contributed by atoms with E-state index in [9.17, 15) is 0 Å². The first-order valence-corrected chi connectivity index (χ1v) is 6.65. The Bertz CT molecular complexity index is 588. The third kappa shape index (κ3) is 2.30. The van der Waals surface area contributed by atoms with Gasteiger partial charge in [0.25, 0.3) is 0 Å². The molecule has 3 rings (SSSR count). The van der Waals surface area contributed by atoms with Gasteiger partial charge in [0.15, 0.2) is 0 Å². The molecule has 1 fully saturated rings. The molecule has 1 aromatic heterocycles. The molecule has 0 atom stereocenters. The van der Waals surface area contributed by atoms with E-state index in [1.807, 2.05) is 18.2 Å². The Balaban J connectivity index is 2.05. The quantitative estimate of drug-likeness (QED) is 0.914. The molecule has 98 valence electrons. The number of rotatable bonds is 3. The first-order valence-electron chi connectivity index (χ1n) is 6.65. The van der Waals surface area contributed by atoms with Crippen LogP contribution >= 0.6 is 0 Å². The summed E-state index contributed by atoms with van der Waals surface area (Å²) in [6, 6.07) is 10.3. The molecule has 19 heavy (non-hydrogen) atoms. The summed E-state index contributed by atoms with van der Waals surface area (Å²) < 4.78 is 0. The largest absolute Gasteiger partial charge is 0.368 e. The van der Waals surface area contributed by atoms with E-state index in [4.69, 9.17) is 5.73 Å². The fourth-order valence-electron chi connectivity index (χ4n) is 2.20. The molecule has 4 heteroatoms. The molecule has 0 saturated heterocycles. The van der Waals surface area contributed by atoms with Crippen LogP contribution in [-0.4, -0.2) is 15.0 Å². The van der Waals surface area contributed by atoms with E-state index in [0.717, 1.165) is 24.5 Å². The smallest absolute Gasteiger partial charge is 0.223 e. The normalized spacial score (nSPS) is 15.5. The van der Waals surface area contributed by atoms with Crippen LogP contribution in [0.1, 0.15) is 49.8 Å². The fourth-order valence-corrected chi connectivity index (χ4v) is 2.20. The van der Waals surface area contributed by atoms with E-state index >= 15 is 0 Å². The molecule has 0 aliphatic heterocycles. The lowest BCUT2D eigenvalue weighted by Gasteiger charge is -2.24. The van der Waals surface area contributed by atoms with Crippen molar-refractivity contribution in [3.05, 3.63) is 47.5 Å². The second kappa shape index (κ2) is 4.30. The van der Waals surface area contributed by atoms with Crippen LogP contribution in [0, 0.1) is 0 Å². The Morgan fingerprint density at radius 2 is 1.74 bits per heavy atom. The second-order valence-corrected chi connectivity index (χ2v) is 5.64. The highest BCUT2D eigenvalue weighted by molar-refractivity contribution is 5.33. The van der Waals surface area contributed by atoms with Gasteiger partial charge in [-0.05, 0) is 32.3 Å². The van der Waals surface area contributed by atoms with E-state index in [1.54, 1.807) is 0 Å². The van der Waals surface area contributed by atoms with Crippen LogP contribution < -0.4 is 5.73 Å². The number of hydrogen-bond donors (Lipinski definition) is 1. The Labute approximate surface area is 113 Å². The predicted molar refractivity (Wildman–Crippen MR) is 74.8 cm³/mol. The van der Waals surface area contributed by atoms with Crippen molar-refractivity contribution in [2.45, 2.75) is 38.0 Å². The summed E-state index contributed by atoms with van der Waals surface area (Å²) in [6.45, 7) is 4.24. The minimum Gasteiger partial charge on any atom is -0.368 e. The SMILES string of the molecule is CC(C)(c1ccccc1)c1nc(N)nc(C2CC2)n1. The van der Waals surface area contributed by atoms with Crippen LogP contribution in [0.3, 0.4) is 0 Å². The maximum Gasteiger partial charge on any atom is 0.223 e. The number of nitrogens with two attached hydrogens (primary N) is 1. The van der Waals surface area contributed by atoms with E-state index in [-0.39, 0.29) is 5.41 Å². The van der Waals surface area contributed by atoms with Crippen LogP contribution in [0.4, 0.5) is 5.95 Å². The second-order valence-electron chi connectivity index (χ2n) is 5.64. The highest BCUT2D eigenvalue weighted by Crippen LogP contribution is 2.39. The lowest BCUT2D eigenvalue weighted by atomic mass is 9.84. The van der Waals surface area contributed by atoms with Crippen molar-refractivity contribution in [2.75, 3.05) is 5.73 Å². The molecule has 4 nitrogen and oxygen atoms in total. The Morgan fingerprint density at radius 1 is 1.05 bits per heavy atom. The van der Waals surface area contributed by atoms with Gasteiger partial charge in [-0.3, -0.25) is 0 Å². The number of aromatic nitrogens is 3. The number of nitrogens with zero attached hydrogens (tertiary/aromatic N) is 3. The predicted octanol–water partition coefficient (Wildman–Crippen LogP) is 2.66. The van der Waals surface area contributed by atoms with Gasteiger partial charge in [0.1, 0.15) is 11.6 Å². The summed E-state index contributed by atoms with van der Waals surface area (Å²) in [5, 5.41) is 0. The minimum absolute atomic E-state index is 0.262. The van der Waals surface area contributed by atoms with Gasteiger partial charge in [0.2, 0.25) is 5.95 Å². The minimum atomic E-state index is -0.262. The maximum atomic E-state index is 5.84. The van der Waals surface area contributed by atoms with E-state index in [2.05, 4.69) is 40.9 Å². The van der Waals surface area contributed by atoms with Crippen molar-refractivity contribution in [3.63, 3.8) is 0 Å². The Morgan fingerprint density at radius 3 is 2.37 bits per heavy atom. The number of hydrogen-bond acceptors (Lipinski definition) is 4. The Hall–Kier alpha value is -1.97. The fraction of sp³-hybridized carbons (Fsp3) is 0.400. The van der Waals surface area contributed by atoms with E-state index in [0.29, 0.717) is 11.9 Å². The molecule has 1 heterocycles. The number of anilines is 1. The average Bonchev–Trinajstić information content (AvgIpc) is 3.23. The summed E-state index contributed by atoms with van der Waals surface area (Å²) in [5.41, 5.74) is 6.76. The third-order valence-electron chi connectivity index (χ3n) is 3.67. The summed E-state index contributed by atoms with van der Waals surface area (Å²) in [6.07, 6.45) is 2.32. The molecule has 0 bridgehead atoms. The Kier molecular flexibility index (Phi) is 2.73. The molecule has 1 aliphatic carbocycles.